The predicted molar refractivity (Wildman–Crippen MR) is 136 cm³/mol. The molecule has 190 valence electrons. The van der Waals surface area contributed by atoms with Crippen molar-refractivity contribution in [3.8, 4) is 0 Å². The van der Waals surface area contributed by atoms with Gasteiger partial charge >= 0.3 is 6.09 Å². The SMILES string of the molecule is CCOC(=O)N1CCC(NS(=O)(=O)c2cccc3c(NC(=O)C4CCCCC4)c(C)ccc23)CC1. The van der Waals surface area contributed by atoms with Gasteiger partial charge in [0.05, 0.1) is 17.2 Å². The Morgan fingerprint density at radius 3 is 2.40 bits per heavy atom. The Hall–Kier alpha value is -2.65. The van der Waals surface area contributed by atoms with Crippen molar-refractivity contribution in [1.82, 2.24) is 9.62 Å². The first kappa shape index (κ1) is 25.4. The molecule has 0 atom stereocenters. The summed E-state index contributed by atoms with van der Waals surface area (Å²) in [6.07, 6.45) is 5.78. The number of aryl methyl sites for hydroxylation is 1. The monoisotopic (exact) mass is 501 g/mol. The lowest BCUT2D eigenvalue weighted by Gasteiger charge is -2.31. The molecule has 2 aliphatic rings. The largest absolute Gasteiger partial charge is 0.450 e. The van der Waals surface area contributed by atoms with Gasteiger partial charge < -0.3 is 15.0 Å². The van der Waals surface area contributed by atoms with Gasteiger partial charge in [0, 0.05) is 35.8 Å². The number of sulfonamides is 1. The van der Waals surface area contributed by atoms with Crippen molar-refractivity contribution in [3.05, 3.63) is 35.9 Å². The number of carbonyl (C=O) groups excluding carboxylic acids is 2. The fraction of sp³-hybridized carbons (Fsp3) is 0.538. The van der Waals surface area contributed by atoms with Crippen LogP contribution in [-0.4, -0.2) is 51.1 Å². The van der Waals surface area contributed by atoms with Crippen LogP contribution in [0.25, 0.3) is 10.8 Å². The fourth-order valence-electron chi connectivity index (χ4n) is 5.11. The first-order valence-corrected chi connectivity index (χ1v) is 14.1. The van der Waals surface area contributed by atoms with Crippen molar-refractivity contribution in [3.63, 3.8) is 0 Å². The molecular weight excluding hydrogens is 466 g/mol. The number of nitrogens with zero attached hydrogens (tertiary/aromatic N) is 1. The molecule has 2 aromatic carbocycles. The van der Waals surface area contributed by atoms with Crippen LogP contribution >= 0.6 is 0 Å². The molecule has 1 aliphatic carbocycles. The molecule has 4 rings (SSSR count). The van der Waals surface area contributed by atoms with Gasteiger partial charge in [0.1, 0.15) is 0 Å². The van der Waals surface area contributed by atoms with E-state index in [9.17, 15) is 18.0 Å². The highest BCUT2D eigenvalue weighted by Crippen LogP contribution is 2.33. The minimum Gasteiger partial charge on any atom is -0.450 e. The van der Waals surface area contributed by atoms with E-state index in [1.165, 1.54) is 6.42 Å². The topological polar surface area (TPSA) is 105 Å². The number of hydrogen-bond acceptors (Lipinski definition) is 5. The summed E-state index contributed by atoms with van der Waals surface area (Å²) in [4.78, 5) is 26.7. The first-order chi connectivity index (χ1) is 16.8. The summed E-state index contributed by atoms with van der Waals surface area (Å²) in [5, 5.41) is 4.40. The zero-order valence-corrected chi connectivity index (χ0v) is 21.3. The average molecular weight is 502 g/mol. The summed E-state index contributed by atoms with van der Waals surface area (Å²) in [7, 11) is -3.81. The quantitative estimate of drug-likeness (QED) is 0.604. The van der Waals surface area contributed by atoms with E-state index < -0.39 is 10.0 Å². The molecule has 2 N–H and O–H groups in total. The third kappa shape index (κ3) is 5.78. The van der Waals surface area contributed by atoms with E-state index in [2.05, 4.69) is 10.0 Å². The van der Waals surface area contributed by atoms with Crippen LogP contribution in [-0.2, 0) is 19.6 Å². The van der Waals surface area contributed by atoms with Crippen molar-refractivity contribution < 1.29 is 22.7 Å². The van der Waals surface area contributed by atoms with Gasteiger partial charge in [0.2, 0.25) is 15.9 Å². The van der Waals surface area contributed by atoms with Crippen LogP contribution in [0.3, 0.4) is 0 Å². The number of carbonyl (C=O) groups is 2. The van der Waals surface area contributed by atoms with E-state index in [1.807, 2.05) is 19.1 Å². The number of likely N-dealkylation sites (tertiary alicyclic amines) is 1. The van der Waals surface area contributed by atoms with Crippen LogP contribution in [0.5, 0.6) is 0 Å². The normalized spacial score (nSPS) is 17.9. The Morgan fingerprint density at radius 1 is 1.00 bits per heavy atom. The Morgan fingerprint density at radius 2 is 1.71 bits per heavy atom. The molecular formula is C26H35N3O5S. The summed E-state index contributed by atoms with van der Waals surface area (Å²) in [6, 6.07) is 8.57. The molecule has 2 amide bonds. The number of rotatable bonds is 6. The number of piperidine rings is 1. The van der Waals surface area contributed by atoms with Crippen molar-refractivity contribution in [2.75, 3.05) is 25.0 Å². The van der Waals surface area contributed by atoms with Crippen LogP contribution in [0.2, 0.25) is 0 Å². The molecule has 0 bridgehead atoms. The highest BCUT2D eigenvalue weighted by atomic mass is 32.2. The van der Waals surface area contributed by atoms with Gasteiger partial charge in [-0.25, -0.2) is 17.9 Å². The summed E-state index contributed by atoms with van der Waals surface area (Å²) in [5.41, 5.74) is 1.58. The summed E-state index contributed by atoms with van der Waals surface area (Å²) >= 11 is 0. The Bertz CT molecular complexity index is 1180. The van der Waals surface area contributed by atoms with Gasteiger partial charge in [-0.3, -0.25) is 4.79 Å². The highest BCUT2D eigenvalue weighted by Gasteiger charge is 2.29. The zero-order chi connectivity index (χ0) is 25.0. The van der Waals surface area contributed by atoms with Gasteiger partial charge in [-0.2, -0.15) is 0 Å². The second-order valence-electron chi connectivity index (χ2n) is 9.51. The average Bonchev–Trinajstić information content (AvgIpc) is 2.86. The number of hydrogen-bond donors (Lipinski definition) is 2. The van der Waals surface area contributed by atoms with Crippen LogP contribution < -0.4 is 10.0 Å². The molecule has 8 nitrogen and oxygen atoms in total. The molecule has 35 heavy (non-hydrogen) atoms. The third-order valence-electron chi connectivity index (χ3n) is 7.09. The van der Waals surface area contributed by atoms with Gasteiger partial charge in [-0.1, -0.05) is 43.5 Å². The molecule has 1 aliphatic heterocycles. The molecule has 1 heterocycles. The van der Waals surface area contributed by atoms with Crippen molar-refractivity contribution in [2.45, 2.75) is 69.7 Å². The number of amides is 2. The van der Waals surface area contributed by atoms with Crippen molar-refractivity contribution >= 4 is 38.5 Å². The predicted octanol–water partition coefficient (Wildman–Crippen LogP) is 4.57. The molecule has 0 unspecified atom stereocenters. The molecule has 1 saturated heterocycles. The maximum Gasteiger partial charge on any atom is 0.409 e. The third-order valence-corrected chi connectivity index (χ3v) is 8.66. The minimum absolute atomic E-state index is 0.00691. The maximum absolute atomic E-state index is 13.4. The Balaban J connectivity index is 1.54. The molecule has 1 saturated carbocycles. The van der Waals surface area contributed by atoms with Gasteiger partial charge in [-0.15, -0.1) is 0 Å². The summed E-state index contributed by atoms with van der Waals surface area (Å²) in [6.45, 7) is 4.88. The standard InChI is InChI=1S/C26H35N3O5S/c1-3-34-26(31)29-16-14-20(15-17-29)28-35(32,33)23-11-7-10-22-21(23)13-12-18(2)24(22)27-25(30)19-8-5-4-6-9-19/h7,10-13,19-20,28H,3-6,8-9,14-17H2,1-2H3,(H,27,30). The van der Waals surface area contributed by atoms with Crippen molar-refractivity contribution in [1.29, 1.82) is 0 Å². The first-order valence-electron chi connectivity index (χ1n) is 12.6. The van der Waals surface area contributed by atoms with E-state index >= 15 is 0 Å². The van der Waals surface area contributed by atoms with E-state index in [1.54, 1.807) is 30.0 Å². The number of anilines is 1. The highest BCUT2D eigenvalue weighted by molar-refractivity contribution is 7.89. The summed E-state index contributed by atoms with van der Waals surface area (Å²) in [5.74, 6) is 0.0208. The maximum atomic E-state index is 13.4. The molecule has 2 aromatic rings. The second-order valence-corrected chi connectivity index (χ2v) is 11.2. The molecule has 0 radical (unpaired) electrons. The Kier molecular flexibility index (Phi) is 7.96. The van der Waals surface area contributed by atoms with E-state index in [-0.39, 0.29) is 28.9 Å². The van der Waals surface area contributed by atoms with Crippen LogP contribution in [0.1, 0.15) is 57.4 Å². The molecule has 9 heteroatoms. The number of fused-ring (bicyclic) bond motifs is 1. The lowest BCUT2D eigenvalue weighted by Crippen LogP contribution is -2.46. The van der Waals surface area contributed by atoms with Crippen LogP contribution in [0, 0.1) is 12.8 Å². The number of nitrogens with one attached hydrogen (secondary N) is 2. The van der Waals surface area contributed by atoms with E-state index in [0.29, 0.717) is 49.0 Å². The Labute approximate surface area is 207 Å². The smallest absolute Gasteiger partial charge is 0.409 e. The van der Waals surface area contributed by atoms with Crippen molar-refractivity contribution in [2.24, 2.45) is 5.92 Å². The van der Waals surface area contributed by atoms with E-state index in [0.717, 1.165) is 31.2 Å². The van der Waals surface area contributed by atoms with Gasteiger partial charge in [-0.05, 0) is 51.2 Å². The van der Waals surface area contributed by atoms with Crippen LogP contribution in [0.15, 0.2) is 35.2 Å². The van der Waals surface area contributed by atoms with E-state index in [4.69, 9.17) is 4.74 Å². The number of ether oxygens (including phenoxy) is 1. The fourth-order valence-corrected chi connectivity index (χ4v) is 6.63. The summed E-state index contributed by atoms with van der Waals surface area (Å²) < 4.78 is 34.7. The lowest BCUT2D eigenvalue weighted by molar-refractivity contribution is -0.120. The minimum atomic E-state index is -3.81. The van der Waals surface area contributed by atoms with Crippen LogP contribution in [0.4, 0.5) is 10.5 Å². The lowest BCUT2D eigenvalue weighted by atomic mass is 9.88. The number of benzene rings is 2. The van der Waals surface area contributed by atoms with Gasteiger partial charge in [0.15, 0.2) is 0 Å². The molecule has 0 spiro atoms. The molecule has 0 aromatic heterocycles. The van der Waals surface area contributed by atoms with Gasteiger partial charge in [0.25, 0.3) is 0 Å². The zero-order valence-electron chi connectivity index (χ0n) is 20.5. The molecule has 2 fully saturated rings. The second kappa shape index (κ2) is 11.0.